The molecule has 1 amide bonds. The third kappa shape index (κ3) is 6.47. The van der Waals surface area contributed by atoms with Crippen molar-refractivity contribution in [3.05, 3.63) is 54.1 Å². The summed E-state index contributed by atoms with van der Waals surface area (Å²) in [4.78, 5) is 12.1. The first-order valence-corrected chi connectivity index (χ1v) is 8.58. The lowest BCUT2D eigenvalue weighted by atomic mass is 10.1. The monoisotopic (exact) mass is 342 g/mol. The largest absolute Gasteiger partial charge is 0.497 e. The lowest BCUT2D eigenvalue weighted by Crippen LogP contribution is -2.17. The molecule has 0 saturated carbocycles. The average molecular weight is 342 g/mol. The lowest BCUT2D eigenvalue weighted by Gasteiger charge is -2.11. The van der Waals surface area contributed by atoms with Crippen LogP contribution < -0.4 is 20.1 Å². The standard InChI is InChI=1S/C20H26N2O3/c1-3-21-15-16-7-4-5-8-19(16)22-20(23)9-6-14-25-18-12-10-17(24-2)11-13-18/h4-5,7-8,10-13,21H,3,6,9,14-15H2,1-2H3,(H,22,23). The van der Waals surface area contributed by atoms with Gasteiger partial charge >= 0.3 is 0 Å². The molecule has 5 nitrogen and oxygen atoms in total. The van der Waals surface area contributed by atoms with Crippen LogP contribution in [0, 0.1) is 0 Å². The first kappa shape index (κ1) is 18.8. The van der Waals surface area contributed by atoms with Gasteiger partial charge in [0.15, 0.2) is 0 Å². The summed E-state index contributed by atoms with van der Waals surface area (Å²) in [5, 5.41) is 6.26. The number of benzene rings is 2. The lowest BCUT2D eigenvalue weighted by molar-refractivity contribution is -0.116. The minimum Gasteiger partial charge on any atom is -0.497 e. The number of hydrogen-bond donors (Lipinski definition) is 2. The maximum Gasteiger partial charge on any atom is 0.224 e. The van der Waals surface area contributed by atoms with E-state index in [0.29, 0.717) is 19.4 Å². The third-order valence-electron chi connectivity index (χ3n) is 3.73. The van der Waals surface area contributed by atoms with Crippen molar-refractivity contribution in [3.63, 3.8) is 0 Å². The Morgan fingerprint density at radius 2 is 1.76 bits per heavy atom. The number of carbonyl (C=O) groups is 1. The number of ether oxygens (including phenoxy) is 2. The van der Waals surface area contributed by atoms with E-state index < -0.39 is 0 Å². The van der Waals surface area contributed by atoms with Crippen LogP contribution in [0.25, 0.3) is 0 Å². The van der Waals surface area contributed by atoms with E-state index in [0.717, 1.165) is 35.8 Å². The molecule has 0 atom stereocenters. The van der Waals surface area contributed by atoms with Gasteiger partial charge < -0.3 is 20.1 Å². The Bertz CT molecular complexity index is 656. The number of para-hydroxylation sites is 1. The van der Waals surface area contributed by atoms with E-state index in [-0.39, 0.29) is 5.91 Å². The Balaban J connectivity index is 1.73. The van der Waals surface area contributed by atoms with Crippen molar-refractivity contribution in [2.24, 2.45) is 0 Å². The van der Waals surface area contributed by atoms with Crippen LogP contribution >= 0.6 is 0 Å². The first-order valence-electron chi connectivity index (χ1n) is 8.58. The molecule has 2 N–H and O–H groups in total. The van der Waals surface area contributed by atoms with Crippen LogP contribution in [0.4, 0.5) is 5.69 Å². The van der Waals surface area contributed by atoms with Gasteiger partial charge in [-0.25, -0.2) is 0 Å². The van der Waals surface area contributed by atoms with Crippen LogP contribution in [-0.2, 0) is 11.3 Å². The van der Waals surface area contributed by atoms with E-state index in [1.807, 2.05) is 48.5 Å². The third-order valence-corrected chi connectivity index (χ3v) is 3.73. The Labute approximate surface area is 149 Å². The summed E-state index contributed by atoms with van der Waals surface area (Å²) in [6, 6.07) is 15.3. The van der Waals surface area contributed by atoms with Gasteiger partial charge in [-0.1, -0.05) is 25.1 Å². The summed E-state index contributed by atoms with van der Waals surface area (Å²) in [5.74, 6) is 1.57. The fourth-order valence-electron chi connectivity index (χ4n) is 2.36. The Kier molecular flexibility index (Phi) is 7.79. The summed E-state index contributed by atoms with van der Waals surface area (Å²) in [6.07, 6.45) is 1.08. The zero-order valence-corrected chi connectivity index (χ0v) is 14.9. The van der Waals surface area contributed by atoms with Crippen LogP contribution in [0.3, 0.4) is 0 Å². The van der Waals surface area contributed by atoms with Crippen molar-refractivity contribution in [1.29, 1.82) is 0 Å². The fraction of sp³-hybridized carbons (Fsp3) is 0.350. The topological polar surface area (TPSA) is 59.6 Å². The maximum absolute atomic E-state index is 12.1. The molecule has 0 saturated heterocycles. The van der Waals surface area contributed by atoms with Crippen LogP contribution in [-0.4, -0.2) is 26.2 Å². The van der Waals surface area contributed by atoms with Crippen LogP contribution in [0.2, 0.25) is 0 Å². The molecule has 5 heteroatoms. The van der Waals surface area contributed by atoms with Gasteiger partial charge in [-0.15, -0.1) is 0 Å². The molecule has 0 radical (unpaired) electrons. The number of nitrogens with one attached hydrogen (secondary N) is 2. The van der Waals surface area contributed by atoms with Gasteiger partial charge in [0.2, 0.25) is 5.91 Å². The maximum atomic E-state index is 12.1. The molecule has 0 aromatic heterocycles. The summed E-state index contributed by atoms with van der Waals surface area (Å²) >= 11 is 0. The van der Waals surface area contributed by atoms with E-state index >= 15 is 0 Å². The Morgan fingerprint density at radius 3 is 2.48 bits per heavy atom. The number of methoxy groups -OCH3 is 1. The first-order chi connectivity index (χ1) is 12.2. The molecule has 134 valence electrons. The quantitative estimate of drug-likeness (QED) is 0.648. The Morgan fingerprint density at radius 1 is 1.04 bits per heavy atom. The number of carbonyl (C=O) groups excluding carboxylic acids is 1. The second-order valence-electron chi connectivity index (χ2n) is 5.61. The smallest absolute Gasteiger partial charge is 0.224 e. The normalized spacial score (nSPS) is 10.3. The highest BCUT2D eigenvalue weighted by Gasteiger charge is 2.06. The fourth-order valence-corrected chi connectivity index (χ4v) is 2.36. The molecular weight excluding hydrogens is 316 g/mol. The minimum atomic E-state index is 0.00211. The van der Waals surface area contributed by atoms with Crippen molar-refractivity contribution < 1.29 is 14.3 Å². The van der Waals surface area contributed by atoms with Gasteiger partial charge in [0, 0.05) is 18.7 Å². The van der Waals surface area contributed by atoms with Crippen molar-refractivity contribution >= 4 is 11.6 Å². The molecule has 25 heavy (non-hydrogen) atoms. The van der Waals surface area contributed by atoms with Crippen molar-refractivity contribution in [2.75, 3.05) is 25.6 Å². The molecule has 0 spiro atoms. The van der Waals surface area contributed by atoms with Crippen LogP contribution in [0.1, 0.15) is 25.3 Å². The summed E-state index contributed by atoms with van der Waals surface area (Å²) in [7, 11) is 1.63. The van der Waals surface area contributed by atoms with E-state index in [2.05, 4.69) is 17.6 Å². The van der Waals surface area contributed by atoms with E-state index in [9.17, 15) is 4.79 Å². The van der Waals surface area contributed by atoms with Crippen molar-refractivity contribution in [2.45, 2.75) is 26.3 Å². The van der Waals surface area contributed by atoms with Gasteiger partial charge in [-0.2, -0.15) is 0 Å². The predicted octanol–water partition coefficient (Wildman–Crippen LogP) is 3.60. The molecule has 0 heterocycles. The van der Waals surface area contributed by atoms with Crippen LogP contribution in [0.5, 0.6) is 11.5 Å². The predicted molar refractivity (Wildman–Crippen MR) is 100 cm³/mol. The summed E-state index contributed by atoms with van der Waals surface area (Å²) in [5.41, 5.74) is 1.96. The van der Waals surface area contributed by atoms with Crippen LogP contribution in [0.15, 0.2) is 48.5 Å². The highest BCUT2D eigenvalue weighted by molar-refractivity contribution is 5.91. The van der Waals surface area contributed by atoms with Gasteiger partial charge in [0.1, 0.15) is 11.5 Å². The molecule has 0 aliphatic rings. The average Bonchev–Trinajstić information content (AvgIpc) is 2.65. The highest BCUT2D eigenvalue weighted by atomic mass is 16.5. The summed E-state index contributed by atoms with van der Waals surface area (Å²) in [6.45, 7) is 4.20. The molecule has 0 aliphatic carbocycles. The van der Waals surface area contributed by atoms with E-state index in [1.165, 1.54) is 0 Å². The summed E-state index contributed by atoms with van der Waals surface area (Å²) < 4.78 is 10.7. The second-order valence-corrected chi connectivity index (χ2v) is 5.61. The number of anilines is 1. The van der Waals surface area contributed by atoms with Gasteiger partial charge in [0.05, 0.1) is 13.7 Å². The zero-order valence-electron chi connectivity index (χ0n) is 14.9. The van der Waals surface area contributed by atoms with Gasteiger partial charge in [0.25, 0.3) is 0 Å². The molecule has 2 rings (SSSR count). The van der Waals surface area contributed by atoms with Gasteiger partial charge in [-0.05, 0) is 48.9 Å². The molecule has 2 aromatic carbocycles. The van der Waals surface area contributed by atoms with Crippen molar-refractivity contribution in [3.8, 4) is 11.5 Å². The molecule has 0 fully saturated rings. The minimum absolute atomic E-state index is 0.00211. The van der Waals surface area contributed by atoms with E-state index in [4.69, 9.17) is 9.47 Å². The number of amides is 1. The molecule has 0 unspecified atom stereocenters. The molecule has 0 bridgehead atoms. The number of rotatable bonds is 10. The SMILES string of the molecule is CCNCc1ccccc1NC(=O)CCCOc1ccc(OC)cc1. The second kappa shape index (κ2) is 10.4. The molecular formula is C20H26N2O3. The molecule has 2 aromatic rings. The zero-order chi connectivity index (χ0) is 17.9. The van der Waals surface area contributed by atoms with E-state index in [1.54, 1.807) is 7.11 Å². The molecule has 0 aliphatic heterocycles. The van der Waals surface area contributed by atoms with Crippen molar-refractivity contribution in [1.82, 2.24) is 5.32 Å². The number of hydrogen-bond acceptors (Lipinski definition) is 4. The highest BCUT2D eigenvalue weighted by Crippen LogP contribution is 2.18. The Hall–Kier alpha value is -2.53. The van der Waals surface area contributed by atoms with Gasteiger partial charge in [-0.3, -0.25) is 4.79 Å².